The molecule has 34 heavy (non-hydrogen) atoms. The van der Waals surface area contributed by atoms with E-state index in [1.807, 2.05) is 38.1 Å². The fraction of sp³-hybridized carbons (Fsp3) is 0.333. The number of amides is 1. The summed E-state index contributed by atoms with van der Waals surface area (Å²) in [6, 6.07) is 13.2. The number of nitrogens with zero attached hydrogens (tertiary/aromatic N) is 1. The van der Waals surface area contributed by atoms with E-state index in [1.165, 1.54) is 0 Å². The maximum Gasteiger partial charge on any atom is 0.290 e. The molecule has 0 aliphatic carbocycles. The molecule has 7 heteroatoms. The Balaban J connectivity index is 1.77. The number of ketones is 1. The second kappa shape index (κ2) is 9.94. The van der Waals surface area contributed by atoms with Crippen LogP contribution in [0.25, 0.3) is 11.0 Å². The molecule has 1 aliphatic heterocycles. The Kier molecular flexibility index (Phi) is 6.98. The van der Waals surface area contributed by atoms with Gasteiger partial charge in [-0.1, -0.05) is 43.5 Å². The molecule has 0 bridgehead atoms. The van der Waals surface area contributed by atoms with Crippen LogP contribution < -0.4 is 4.74 Å². The highest BCUT2D eigenvalue weighted by Gasteiger charge is 2.44. The SMILES string of the molecule is CCCCCN1C(=O)C(O)=C(C(=O)c2cc3cc(Cl)ccc3o2)C1c1cccc(OC(C)C)c1. The van der Waals surface area contributed by atoms with Crippen LogP contribution >= 0.6 is 11.6 Å². The van der Waals surface area contributed by atoms with E-state index >= 15 is 0 Å². The van der Waals surface area contributed by atoms with E-state index in [0.29, 0.717) is 33.8 Å². The molecule has 1 aromatic heterocycles. The van der Waals surface area contributed by atoms with Gasteiger partial charge in [0.1, 0.15) is 11.3 Å². The number of ether oxygens (including phenoxy) is 1. The highest BCUT2D eigenvalue weighted by atomic mass is 35.5. The van der Waals surface area contributed by atoms with Crippen molar-refractivity contribution in [3.8, 4) is 5.75 Å². The van der Waals surface area contributed by atoms with Gasteiger partial charge >= 0.3 is 0 Å². The second-order valence-corrected chi connectivity index (χ2v) is 9.17. The zero-order valence-corrected chi connectivity index (χ0v) is 20.3. The van der Waals surface area contributed by atoms with Crippen LogP contribution in [0.3, 0.4) is 0 Å². The molecule has 0 fully saturated rings. The van der Waals surface area contributed by atoms with E-state index in [2.05, 4.69) is 6.92 Å². The molecule has 0 saturated heterocycles. The molecule has 1 atom stereocenters. The summed E-state index contributed by atoms with van der Waals surface area (Å²) in [5.74, 6) is -0.957. The van der Waals surface area contributed by atoms with Gasteiger partial charge in [-0.2, -0.15) is 0 Å². The van der Waals surface area contributed by atoms with Gasteiger partial charge in [-0.3, -0.25) is 9.59 Å². The van der Waals surface area contributed by atoms with Crippen molar-refractivity contribution in [2.45, 2.75) is 52.2 Å². The largest absolute Gasteiger partial charge is 0.503 e. The lowest BCUT2D eigenvalue weighted by Crippen LogP contribution is -2.32. The van der Waals surface area contributed by atoms with Crippen LogP contribution in [0.1, 0.15) is 62.2 Å². The molecule has 1 unspecified atom stereocenters. The Morgan fingerprint density at radius 3 is 2.71 bits per heavy atom. The van der Waals surface area contributed by atoms with Gasteiger partial charge in [-0.25, -0.2) is 0 Å². The van der Waals surface area contributed by atoms with E-state index in [0.717, 1.165) is 19.3 Å². The van der Waals surface area contributed by atoms with Gasteiger partial charge in [0.25, 0.3) is 5.91 Å². The van der Waals surface area contributed by atoms with Crippen molar-refractivity contribution in [1.82, 2.24) is 4.90 Å². The van der Waals surface area contributed by atoms with Crippen molar-refractivity contribution in [2.24, 2.45) is 0 Å². The molecule has 1 N–H and O–H groups in total. The summed E-state index contributed by atoms with van der Waals surface area (Å²) < 4.78 is 11.6. The number of aliphatic hydroxyl groups is 1. The molecule has 3 aromatic rings. The Bertz CT molecular complexity index is 1260. The zero-order valence-electron chi connectivity index (χ0n) is 19.5. The average Bonchev–Trinajstić information content (AvgIpc) is 3.32. The molecule has 6 nitrogen and oxygen atoms in total. The van der Waals surface area contributed by atoms with Crippen LogP contribution in [0.5, 0.6) is 5.75 Å². The molecule has 1 aliphatic rings. The molecular weight excluding hydrogens is 454 g/mol. The number of rotatable bonds is 9. The third kappa shape index (κ3) is 4.68. The molecule has 2 heterocycles. The maximum atomic E-state index is 13.6. The number of benzene rings is 2. The molecule has 178 valence electrons. The number of Topliss-reactive ketones (excluding diaryl/α,β-unsaturated/α-hetero) is 1. The van der Waals surface area contributed by atoms with E-state index in [4.69, 9.17) is 20.8 Å². The van der Waals surface area contributed by atoms with Crippen LogP contribution in [-0.4, -0.2) is 34.3 Å². The highest BCUT2D eigenvalue weighted by molar-refractivity contribution is 6.31. The quantitative estimate of drug-likeness (QED) is 0.273. The van der Waals surface area contributed by atoms with Crippen molar-refractivity contribution < 1.29 is 23.8 Å². The standard InChI is InChI=1S/C27H28ClNO5/c1-4-5-6-12-29-24(17-8-7-9-20(14-17)33-16(2)3)23(26(31)27(29)32)25(30)22-15-18-13-19(28)10-11-21(18)34-22/h7-11,13-16,24,31H,4-6,12H2,1-3H3. The lowest BCUT2D eigenvalue weighted by molar-refractivity contribution is -0.129. The minimum atomic E-state index is -0.746. The predicted molar refractivity (Wildman–Crippen MR) is 131 cm³/mol. The zero-order chi connectivity index (χ0) is 24.4. The number of hydrogen-bond donors (Lipinski definition) is 1. The van der Waals surface area contributed by atoms with E-state index < -0.39 is 23.5 Å². The fourth-order valence-electron chi connectivity index (χ4n) is 4.28. The van der Waals surface area contributed by atoms with Gasteiger partial charge in [0.15, 0.2) is 11.5 Å². The van der Waals surface area contributed by atoms with Gasteiger partial charge in [-0.15, -0.1) is 0 Å². The summed E-state index contributed by atoms with van der Waals surface area (Å²) in [5, 5.41) is 12.0. The smallest absolute Gasteiger partial charge is 0.290 e. The minimum absolute atomic E-state index is 0.00773. The molecule has 0 spiro atoms. The number of unbranched alkanes of at least 4 members (excludes halogenated alkanes) is 2. The number of carbonyl (C=O) groups is 2. The van der Waals surface area contributed by atoms with Gasteiger partial charge < -0.3 is 19.2 Å². The minimum Gasteiger partial charge on any atom is -0.503 e. The van der Waals surface area contributed by atoms with Crippen molar-refractivity contribution in [3.05, 3.63) is 76.2 Å². The van der Waals surface area contributed by atoms with Crippen molar-refractivity contribution in [3.63, 3.8) is 0 Å². The normalized spacial score (nSPS) is 16.2. The molecule has 0 saturated carbocycles. The Morgan fingerprint density at radius 1 is 1.18 bits per heavy atom. The molecule has 0 radical (unpaired) electrons. The second-order valence-electron chi connectivity index (χ2n) is 8.73. The van der Waals surface area contributed by atoms with Crippen molar-refractivity contribution in [2.75, 3.05) is 6.54 Å². The predicted octanol–water partition coefficient (Wildman–Crippen LogP) is 6.64. The van der Waals surface area contributed by atoms with Crippen molar-refractivity contribution >= 4 is 34.3 Å². The van der Waals surface area contributed by atoms with E-state index in [1.54, 1.807) is 29.2 Å². The number of halogens is 1. The van der Waals surface area contributed by atoms with E-state index in [-0.39, 0.29) is 17.4 Å². The third-order valence-electron chi connectivity index (χ3n) is 5.80. The fourth-order valence-corrected chi connectivity index (χ4v) is 4.46. The highest BCUT2D eigenvalue weighted by Crippen LogP contribution is 2.40. The Hall–Kier alpha value is -3.25. The first kappa shape index (κ1) is 23.9. The summed E-state index contributed by atoms with van der Waals surface area (Å²) in [6.45, 7) is 6.35. The summed E-state index contributed by atoms with van der Waals surface area (Å²) in [4.78, 5) is 28.3. The van der Waals surface area contributed by atoms with Crippen molar-refractivity contribution in [1.29, 1.82) is 0 Å². The maximum absolute atomic E-state index is 13.6. The van der Waals surface area contributed by atoms with Crippen LogP contribution in [0.2, 0.25) is 5.02 Å². The first-order valence-corrected chi connectivity index (χ1v) is 11.9. The Labute approximate surface area is 203 Å². The van der Waals surface area contributed by atoms with Crippen LogP contribution in [0, 0.1) is 0 Å². The lowest BCUT2D eigenvalue weighted by atomic mass is 9.94. The lowest BCUT2D eigenvalue weighted by Gasteiger charge is -2.27. The summed E-state index contributed by atoms with van der Waals surface area (Å²) in [5.41, 5.74) is 1.20. The summed E-state index contributed by atoms with van der Waals surface area (Å²) >= 11 is 6.07. The average molecular weight is 482 g/mol. The number of fused-ring (bicyclic) bond motifs is 1. The summed E-state index contributed by atoms with van der Waals surface area (Å²) in [6.07, 6.45) is 2.64. The first-order valence-electron chi connectivity index (χ1n) is 11.5. The molecule has 2 aromatic carbocycles. The van der Waals surface area contributed by atoms with Gasteiger partial charge in [0.05, 0.1) is 17.7 Å². The third-order valence-corrected chi connectivity index (χ3v) is 6.03. The molecular formula is C27H28ClNO5. The molecule has 1 amide bonds. The van der Waals surface area contributed by atoms with Gasteiger partial charge in [0, 0.05) is 17.0 Å². The van der Waals surface area contributed by atoms with Crippen LogP contribution in [-0.2, 0) is 4.79 Å². The number of hydrogen-bond acceptors (Lipinski definition) is 5. The monoisotopic (exact) mass is 481 g/mol. The number of carbonyl (C=O) groups excluding carboxylic acids is 2. The summed E-state index contributed by atoms with van der Waals surface area (Å²) in [7, 11) is 0. The first-order chi connectivity index (χ1) is 16.3. The topological polar surface area (TPSA) is 80.0 Å². The van der Waals surface area contributed by atoms with Gasteiger partial charge in [0.2, 0.25) is 5.78 Å². The Morgan fingerprint density at radius 2 is 1.97 bits per heavy atom. The van der Waals surface area contributed by atoms with Crippen LogP contribution in [0.15, 0.2) is 64.3 Å². The number of aliphatic hydroxyl groups excluding tert-OH is 1. The molecule has 4 rings (SSSR count). The van der Waals surface area contributed by atoms with E-state index in [9.17, 15) is 14.7 Å². The van der Waals surface area contributed by atoms with Gasteiger partial charge in [-0.05, 0) is 62.2 Å². The number of furan rings is 1. The van der Waals surface area contributed by atoms with Crippen LogP contribution in [0.4, 0.5) is 0 Å².